The highest BCUT2D eigenvalue weighted by Gasteiger charge is 2.24. The molecule has 2 aromatic rings. The van der Waals surface area contributed by atoms with Gasteiger partial charge in [-0.1, -0.05) is 6.07 Å². The van der Waals surface area contributed by atoms with E-state index < -0.39 is 10.0 Å². The van der Waals surface area contributed by atoms with E-state index in [1.165, 1.54) is 25.3 Å². The Bertz CT molecular complexity index is 998. The molecule has 1 N–H and O–H groups in total. The number of methoxy groups -OCH3 is 1. The molecule has 7 nitrogen and oxygen atoms in total. The zero-order valence-corrected chi connectivity index (χ0v) is 18.4. The molecule has 0 aromatic heterocycles. The number of likely N-dealkylation sites (tertiary alicyclic amines) is 1. The van der Waals surface area contributed by atoms with Gasteiger partial charge in [0.1, 0.15) is 11.5 Å². The van der Waals surface area contributed by atoms with Crippen molar-refractivity contribution in [3.05, 3.63) is 48.0 Å². The molecule has 0 aliphatic carbocycles. The Morgan fingerprint density at radius 2 is 1.80 bits per heavy atom. The van der Waals surface area contributed by atoms with Gasteiger partial charge in [-0.25, -0.2) is 8.42 Å². The summed E-state index contributed by atoms with van der Waals surface area (Å²) >= 11 is 0. The van der Waals surface area contributed by atoms with Gasteiger partial charge in [0, 0.05) is 19.2 Å². The van der Waals surface area contributed by atoms with Crippen LogP contribution in [0.1, 0.15) is 43.5 Å². The summed E-state index contributed by atoms with van der Waals surface area (Å²) < 4.78 is 39.4. The number of rotatable bonds is 7. The zero-order chi connectivity index (χ0) is 21.7. The van der Waals surface area contributed by atoms with E-state index >= 15 is 0 Å². The smallest absolute Gasteiger partial charge is 0.261 e. The summed E-state index contributed by atoms with van der Waals surface area (Å²) in [5, 5.41) is 0. The molecular weight excluding hydrogens is 404 g/mol. The fraction of sp³-hybridized carbons (Fsp3) is 0.409. The van der Waals surface area contributed by atoms with Crippen molar-refractivity contribution in [2.45, 2.75) is 44.1 Å². The maximum atomic E-state index is 13.0. The maximum Gasteiger partial charge on any atom is 0.261 e. The van der Waals surface area contributed by atoms with Crippen LogP contribution in [0.2, 0.25) is 0 Å². The van der Waals surface area contributed by atoms with Crippen LogP contribution in [-0.4, -0.2) is 45.5 Å². The number of benzene rings is 2. The van der Waals surface area contributed by atoms with Gasteiger partial charge in [0.05, 0.1) is 29.4 Å². The summed E-state index contributed by atoms with van der Waals surface area (Å²) in [5.74, 6) is 0.716. The molecule has 1 fully saturated rings. The molecule has 1 aliphatic rings. The van der Waals surface area contributed by atoms with Crippen LogP contribution in [0.3, 0.4) is 0 Å². The number of carbonyl (C=O) groups excluding carboxylic acids is 1. The van der Waals surface area contributed by atoms with E-state index in [1.807, 2.05) is 13.8 Å². The van der Waals surface area contributed by atoms with Crippen molar-refractivity contribution in [3.8, 4) is 11.5 Å². The number of piperidine rings is 1. The predicted octanol–water partition coefficient (Wildman–Crippen LogP) is 3.91. The van der Waals surface area contributed by atoms with Crippen LogP contribution in [0.4, 0.5) is 5.69 Å². The lowest BCUT2D eigenvalue weighted by molar-refractivity contribution is 0.0720. The molecule has 1 amide bonds. The largest absolute Gasteiger partial charge is 0.496 e. The molecule has 0 unspecified atom stereocenters. The Morgan fingerprint density at radius 3 is 2.47 bits per heavy atom. The summed E-state index contributed by atoms with van der Waals surface area (Å²) in [5.41, 5.74) is 0.632. The fourth-order valence-corrected chi connectivity index (χ4v) is 4.48. The van der Waals surface area contributed by atoms with Crippen LogP contribution in [0.25, 0.3) is 0 Å². The van der Waals surface area contributed by atoms with Crippen LogP contribution in [0.15, 0.2) is 47.4 Å². The molecule has 3 rings (SSSR count). The van der Waals surface area contributed by atoms with Crippen molar-refractivity contribution in [3.63, 3.8) is 0 Å². The van der Waals surface area contributed by atoms with Crippen LogP contribution in [0, 0.1) is 0 Å². The summed E-state index contributed by atoms with van der Waals surface area (Å²) in [7, 11) is -2.43. The van der Waals surface area contributed by atoms with E-state index in [0.29, 0.717) is 30.3 Å². The van der Waals surface area contributed by atoms with Crippen molar-refractivity contribution in [2.75, 3.05) is 24.9 Å². The van der Waals surface area contributed by atoms with E-state index in [2.05, 4.69) is 4.72 Å². The van der Waals surface area contributed by atoms with E-state index in [-0.39, 0.29) is 22.5 Å². The van der Waals surface area contributed by atoms with Crippen molar-refractivity contribution in [1.29, 1.82) is 0 Å². The van der Waals surface area contributed by atoms with Gasteiger partial charge in [-0.3, -0.25) is 9.52 Å². The first-order valence-corrected chi connectivity index (χ1v) is 11.6. The molecular formula is C22H28N2O5S. The quantitative estimate of drug-likeness (QED) is 0.717. The van der Waals surface area contributed by atoms with Crippen molar-refractivity contribution < 1.29 is 22.7 Å². The van der Waals surface area contributed by atoms with Crippen molar-refractivity contribution >= 4 is 21.6 Å². The van der Waals surface area contributed by atoms with Crippen LogP contribution in [0.5, 0.6) is 11.5 Å². The first kappa shape index (κ1) is 22.0. The first-order chi connectivity index (χ1) is 14.3. The Kier molecular flexibility index (Phi) is 6.87. The Balaban J connectivity index is 1.88. The third-order valence-corrected chi connectivity index (χ3v) is 6.19. The molecule has 30 heavy (non-hydrogen) atoms. The molecule has 0 atom stereocenters. The Labute approximate surface area is 178 Å². The summed E-state index contributed by atoms with van der Waals surface area (Å²) in [6.07, 6.45) is 2.96. The average molecular weight is 433 g/mol. The number of hydrogen-bond acceptors (Lipinski definition) is 5. The minimum Gasteiger partial charge on any atom is -0.496 e. The third kappa shape index (κ3) is 5.24. The number of ether oxygens (including phenoxy) is 2. The minimum atomic E-state index is -3.90. The number of hydrogen-bond donors (Lipinski definition) is 1. The fourth-order valence-electron chi connectivity index (χ4n) is 3.41. The molecule has 1 aliphatic heterocycles. The van der Waals surface area contributed by atoms with Gasteiger partial charge >= 0.3 is 0 Å². The topological polar surface area (TPSA) is 84.9 Å². The van der Waals surface area contributed by atoms with Gasteiger partial charge in [-0.2, -0.15) is 0 Å². The number of carbonyl (C=O) groups is 1. The molecule has 162 valence electrons. The minimum absolute atomic E-state index is 0.00107. The molecule has 1 heterocycles. The van der Waals surface area contributed by atoms with E-state index in [4.69, 9.17) is 9.47 Å². The van der Waals surface area contributed by atoms with Gasteiger partial charge in [-0.15, -0.1) is 0 Å². The lowest BCUT2D eigenvalue weighted by Gasteiger charge is -2.27. The van der Waals surface area contributed by atoms with Crippen LogP contribution >= 0.6 is 0 Å². The molecule has 0 bridgehead atoms. The molecule has 0 radical (unpaired) electrons. The second-order valence-corrected chi connectivity index (χ2v) is 9.20. The van der Waals surface area contributed by atoms with Crippen molar-refractivity contribution in [1.82, 2.24) is 4.90 Å². The highest BCUT2D eigenvalue weighted by molar-refractivity contribution is 7.92. The average Bonchev–Trinajstić information content (AvgIpc) is 2.73. The summed E-state index contributed by atoms with van der Waals surface area (Å²) in [6.45, 7) is 5.13. The van der Waals surface area contributed by atoms with Gasteiger partial charge in [0.2, 0.25) is 0 Å². The molecule has 2 aromatic carbocycles. The Morgan fingerprint density at radius 1 is 1.07 bits per heavy atom. The van der Waals surface area contributed by atoms with Gasteiger partial charge < -0.3 is 14.4 Å². The number of nitrogens with zero attached hydrogens (tertiary/aromatic N) is 1. The monoisotopic (exact) mass is 432 g/mol. The second-order valence-electron chi connectivity index (χ2n) is 7.51. The van der Waals surface area contributed by atoms with Gasteiger partial charge in [0.25, 0.3) is 15.9 Å². The number of amides is 1. The normalized spacial score (nSPS) is 14.5. The van der Waals surface area contributed by atoms with Gasteiger partial charge in [0.15, 0.2) is 0 Å². The lowest BCUT2D eigenvalue weighted by Crippen LogP contribution is -2.35. The molecule has 8 heteroatoms. The highest BCUT2D eigenvalue weighted by atomic mass is 32.2. The second kappa shape index (κ2) is 9.38. The zero-order valence-electron chi connectivity index (χ0n) is 17.6. The standard InChI is InChI=1S/C22H28N2O5S/c1-16(2)29-18-9-7-8-17(14-18)23-30(26,27)19-10-11-21(28-3)20(15-19)22(25)24-12-5-4-6-13-24/h7-11,14-16,23H,4-6,12-13H2,1-3H3. The lowest BCUT2D eigenvalue weighted by atomic mass is 10.1. The maximum absolute atomic E-state index is 13.0. The number of sulfonamides is 1. The van der Waals surface area contributed by atoms with E-state index in [9.17, 15) is 13.2 Å². The third-order valence-electron chi connectivity index (χ3n) is 4.81. The highest BCUT2D eigenvalue weighted by Crippen LogP contribution is 2.27. The van der Waals surface area contributed by atoms with Crippen LogP contribution in [-0.2, 0) is 10.0 Å². The molecule has 0 spiro atoms. The van der Waals surface area contributed by atoms with E-state index in [0.717, 1.165) is 19.3 Å². The van der Waals surface area contributed by atoms with E-state index in [1.54, 1.807) is 29.2 Å². The SMILES string of the molecule is COc1ccc(S(=O)(=O)Nc2cccc(OC(C)C)c2)cc1C(=O)N1CCCCC1. The molecule has 0 saturated carbocycles. The predicted molar refractivity (Wildman–Crippen MR) is 116 cm³/mol. The first-order valence-electron chi connectivity index (χ1n) is 10.1. The number of nitrogens with one attached hydrogen (secondary N) is 1. The summed E-state index contributed by atoms with van der Waals surface area (Å²) in [4.78, 5) is 14.7. The van der Waals surface area contributed by atoms with Crippen molar-refractivity contribution in [2.24, 2.45) is 0 Å². The summed E-state index contributed by atoms with van der Waals surface area (Å²) in [6, 6.07) is 11.1. The Hall–Kier alpha value is -2.74. The number of anilines is 1. The van der Waals surface area contributed by atoms with Gasteiger partial charge in [-0.05, 0) is 63.4 Å². The molecule has 1 saturated heterocycles. The van der Waals surface area contributed by atoms with Crippen LogP contribution < -0.4 is 14.2 Å².